The average molecular weight is 316 g/mol. The van der Waals surface area contributed by atoms with E-state index in [-0.39, 0.29) is 22.7 Å². The van der Waals surface area contributed by atoms with Crippen molar-refractivity contribution in [3.05, 3.63) is 70.0 Å². The molecule has 0 aliphatic heterocycles. The number of hydrogen-bond acceptors (Lipinski definition) is 2. The Morgan fingerprint density at radius 3 is 2.38 bits per heavy atom. The Hall–Kier alpha value is -1.56. The molecule has 0 saturated carbocycles. The summed E-state index contributed by atoms with van der Waals surface area (Å²) in [6, 6.07) is 6.94. The number of rotatable bonds is 4. The molecule has 0 fully saturated rings. The van der Waals surface area contributed by atoms with Gasteiger partial charge in [0, 0.05) is 24.1 Å². The summed E-state index contributed by atoms with van der Waals surface area (Å²) in [7, 11) is 0. The van der Waals surface area contributed by atoms with Crippen molar-refractivity contribution in [2.24, 2.45) is 5.73 Å². The van der Waals surface area contributed by atoms with Crippen LogP contribution in [0.5, 0.6) is 0 Å². The lowest BCUT2D eigenvalue weighted by Gasteiger charge is -2.23. The second kappa shape index (κ2) is 6.47. The molecule has 2 unspecified atom stereocenters. The molecule has 0 saturated heterocycles. The van der Waals surface area contributed by atoms with Gasteiger partial charge in [0.1, 0.15) is 17.5 Å². The second-order valence-corrected chi connectivity index (χ2v) is 4.97. The topological polar surface area (TPSA) is 46.2 Å². The maximum Gasteiger partial charge on any atom is 0.142 e. The van der Waals surface area contributed by atoms with Crippen molar-refractivity contribution in [3.8, 4) is 0 Å². The zero-order valence-corrected chi connectivity index (χ0v) is 11.6. The van der Waals surface area contributed by atoms with Crippen molar-refractivity contribution in [2.75, 3.05) is 6.54 Å². The van der Waals surface area contributed by atoms with Crippen molar-refractivity contribution in [1.82, 2.24) is 0 Å². The first-order valence-electron chi connectivity index (χ1n) is 6.22. The van der Waals surface area contributed by atoms with Crippen LogP contribution in [0, 0.1) is 17.5 Å². The summed E-state index contributed by atoms with van der Waals surface area (Å²) in [5.41, 5.74) is 5.74. The van der Waals surface area contributed by atoms with Crippen molar-refractivity contribution in [2.45, 2.75) is 12.0 Å². The van der Waals surface area contributed by atoms with Gasteiger partial charge in [0.25, 0.3) is 0 Å². The summed E-state index contributed by atoms with van der Waals surface area (Å²) in [6.07, 6.45) is -1.31. The van der Waals surface area contributed by atoms with Crippen molar-refractivity contribution in [1.29, 1.82) is 0 Å². The van der Waals surface area contributed by atoms with Gasteiger partial charge in [-0.2, -0.15) is 0 Å². The quantitative estimate of drug-likeness (QED) is 0.906. The molecule has 6 heteroatoms. The molecule has 0 amide bonds. The van der Waals surface area contributed by atoms with E-state index in [0.717, 1.165) is 12.1 Å². The molecule has 2 rings (SSSR count). The van der Waals surface area contributed by atoms with Crippen LogP contribution in [-0.2, 0) is 0 Å². The summed E-state index contributed by atoms with van der Waals surface area (Å²) < 4.78 is 40.2. The third-order valence-corrected chi connectivity index (χ3v) is 3.70. The van der Waals surface area contributed by atoms with E-state index in [2.05, 4.69) is 0 Å². The van der Waals surface area contributed by atoms with E-state index in [9.17, 15) is 18.3 Å². The first-order valence-corrected chi connectivity index (χ1v) is 6.60. The van der Waals surface area contributed by atoms with Crippen LogP contribution >= 0.6 is 11.6 Å². The highest BCUT2D eigenvalue weighted by molar-refractivity contribution is 6.31. The normalized spacial score (nSPS) is 14.0. The van der Waals surface area contributed by atoms with Gasteiger partial charge >= 0.3 is 0 Å². The number of benzene rings is 2. The van der Waals surface area contributed by atoms with E-state index in [4.69, 9.17) is 17.3 Å². The molecule has 0 aliphatic rings. The van der Waals surface area contributed by atoms with Crippen LogP contribution in [0.1, 0.15) is 23.1 Å². The van der Waals surface area contributed by atoms with E-state index in [1.54, 1.807) is 0 Å². The molecule has 0 aromatic heterocycles. The standard InChI is InChI=1S/C15H13ClF3NO/c16-14-10(2-1-3-12(14)18)15(21)11(7-20)9-5-4-8(17)6-13(9)19/h1-6,11,15,21H,7,20H2. The molecule has 2 aromatic rings. The lowest BCUT2D eigenvalue weighted by atomic mass is 9.88. The van der Waals surface area contributed by atoms with Crippen LogP contribution in [-0.4, -0.2) is 11.7 Å². The van der Waals surface area contributed by atoms with E-state index < -0.39 is 29.5 Å². The Labute approximate surface area is 125 Å². The van der Waals surface area contributed by atoms with E-state index in [0.29, 0.717) is 6.07 Å². The minimum absolute atomic E-state index is 0.0479. The van der Waals surface area contributed by atoms with Gasteiger partial charge in [-0.15, -0.1) is 0 Å². The van der Waals surface area contributed by atoms with Gasteiger partial charge in [-0.1, -0.05) is 29.8 Å². The molecule has 0 radical (unpaired) electrons. The van der Waals surface area contributed by atoms with Crippen LogP contribution in [0.15, 0.2) is 36.4 Å². The fraction of sp³-hybridized carbons (Fsp3) is 0.200. The van der Waals surface area contributed by atoms with Gasteiger partial charge in [0.2, 0.25) is 0 Å². The van der Waals surface area contributed by atoms with Gasteiger partial charge < -0.3 is 10.8 Å². The van der Waals surface area contributed by atoms with Gasteiger partial charge in [-0.3, -0.25) is 0 Å². The Morgan fingerprint density at radius 1 is 1.05 bits per heavy atom. The molecule has 2 nitrogen and oxygen atoms in total. The van der Waals surface area contributed by atoms with E-state index >= 15 is 0 Å². The number of aliphatic hydroxyl groups excluding tert-OH is 1. The summed E-state index contributed by atoms with van der Waals surface area (Å²) in [5, 5.41) is 10.1. The summed E-state index contributed by atoms with van der Waals surface area (Å²) >= 11 is 5.81. The molecule has 112 valence electrons. The lowest BCUT2D eigenvalue weighted by molar-refractivity contribution is 0.145. The highest BCUT2D eigenvalue weighted by Crippen LogP contribution is 2.36. The van der Waals surface area contributed by atoms with Crippen LogP contribution in [0.25, 0.3) is 0 Å². The predicted octanol–water partition coefficient (Wildman–Crippen LogP) is 3.53. The van der Waals surface area contributed by atoms with E-state index in [1.807, 2.05) is 0 Å². The van der Waals surface area contributed by atoms with Crippen molar-refractivity contribution >= 4 is 11.6 Å². The molecule has 0 spiro atoms. The monoisotopic (exact) mass is 315 g/mol. The van der Waals surface area contributed by atoms with Crippen LogP contribution in [0.3, 0.4) is 0 Å². The van der Waals surface area contributed by atoms with Gasteiger partial charge in [0.05, 0.1) is 11.1 Å². The Kier molecular flexibility index (Phi) is 4.88. The zero-order chi connectivity index (χ0) is 15.6. The number of aliphatic hydroxyl groups is 1. The summed E-state index contributed by atoms with van der Waals surface area (Å²) in [4.78, 5) is 0. The Balaban J connectivity index is 2.43. The average Bonchev–Trinajstić information content (AvgIpc) is 2.44. The summed E-state index contributed by atoms with van der Waals surface area (Å²) in [5.74, 6) is -3.12. The number of halogens is 4. The number of nitrogens with two attached hydrogens (primary N) is 1. The molecule has 0 bridgehead atoms. The smallest absolute Gasteiger partial charge is 0.142 e. The van der Waals surface area contributed by atoms with Crippen molar-refractivity contribution in [3.63, 3.8) is 0 Å². The minimum Gasteiger partial charge on any atom is -0.388 e. The lowest BCUT2D eigenvalue weighted by Crippen LogP contribution is -2.21. The highest BCUT2D eigenvalue weighted by atomic mass is 35.5. The fourth-order valence-electron chi connectivity index (χ4n) is 2.19. The van der Waals surface area contributed by atoms with Gasteiger partial charge in [-0.25, -0.2) is 13.2 Å². The Bertz CT molecular complexity index is 651. The minimum atomic E-state index is -1.31. The maximum absolute atomic E-state index is 13.8. The maximum atomic E-state index is 13.8. The zero-order valence-electron chi connectivity index (χ0n) is 10.9. The predicted molar refractivity (Wildman–Crippen MR) is 74.5 cm³/mol. The highest BCUT2D eigenvalue weighted by Gasteiger charge is 2.26. The molecular formula is C15H13ClF3NO. The first kappa shape index (κ1) is 15.8. The SMILES string of the molecule is NCC(c1ccc(F)cc1F)C(O)c1cccc(F)c1Cl. The largest absolute Gasteiger partial charge is 0.388 e. The van der Waals surface area contributed by atoms with Gasteiger partial charge in [0.15, 0.2) is 0 Å². The first-order chi connectivity index (χ1) is 9.95. The van der Waals surface area contributed by atoms with Crippen LogP contribution in [0.4, 0.5) is 13.2 Å². The van der Waals surface area contributed by atoms with Crippen molar-refractivity contribution < 1.29 is 18.3 Å². The third-order valence-electron chi connectivity index (χ3n) is 3.30. The molecule has 3 N–H and O–H groups in total. The molecule has 21 heavy (non-hydrogen) atoms. The third kappa shape index (κ3) is 3.20. The Morgan fingerprint density at radius 2 is 1.76 bits per heavy atom. The fourth-order valence-corrected chi connectivity index (χ4v) is 2.43. The molecule has 0 heterocycles. The molecule has 2 atom stereocenters. The second-order valence-electron chi connectivity index (χ2n) is 4.60. The van der Waals surface area contributed by atoms with Gasteiger partial charge in [-0.05, 0) is 17.7 Å². The molecule has 2 aromatic carbocycles. The summed E-state index contributed by atoms with van der Waals surface area (Å²) in [6.45, 7) is -0.115. The van der Waals surface area contributed by atoms with E-state index in [1.165, 1.54) is 18.2 Å². The van der Waals surface area contributed by atoms with Crippen LogP contribution < -0.4 is 5.73 Å². The van der Waals surface area contributed by atoms with Crippen LogP contribution in [0.2, 0.25) is 5.02 Å². The molecular weight excluding hydrogens is 303 g/mol. The molecule has 0 aliphatic carbocycles. The number of hydrogen-bond donors (Lipinski definition) is 2.